The summed E-state index contributed by atoms with van der Waals surface area (Å²) in [5, 5.41) is 16.1. The lowest BCUT2D eigenvalue weighted by atomic mass is 9.63. The Kier molecular flexibility index (Phi) is 4.46. The Hall–Kier alpha value is -3.75. The third-order valence-corrected chi connectivity index (χ3v) is 6.32. The van der Waals surface area contributed by atoms with Gasteiger partial charge >= 0.3 is 0 Å². The number of methoxy groups -OCH3 is 1. The molecule has 1 saturated carbocycles. The fraction of sp³-hybridized carbons (Fsp3) is 0.318. The third kappa shape index (κ3) is 3.04. The lowest BCUT2D eigenvalue weighted by Crippen LogP contribution is -2.38. The topological polar surface area (TPSA) is 115 Å². The number of nitro benzene ring substituents is 1. The summed E-state index contributed by atoms with van der Waals surface area (Å²) in [4.78, 5) is 36.1. The van der Waals surface area contributed by atoms with E-state index in [4.69, 9.17) is 9.15 Å². The number of allylic oxidation sites excluding steroid dienone is 2. The van der Waals surface area contributed by atoms with Crippen molar-refractivity contribution >= 4 is 23.7 Å². The summed E-state index contributed by atoms with van der Waals surface area (Å²) in [7, 11) is 1.42. The van der Waals surface area contributed by atoms with E-state index in [1.807, 2.05) is 0 Å². The number of furan rings is 1. The molecule has 3 aliphatic carbocycles. The predicted molar refractivity (Wildman–Crippen MR) is 109 cm³/mol. The highest BCUT2D eigenvalue weighted by molar-refractivity contribution is 6.06. The first-order valence-electron chi connectivity index (χ1n) is 10.0. The maximum atomic E-state index is 12.8. The van der Waals surface area contributed by atoms with Gasteiger partial charge in [0.25, 0.3) is 17.5 Å². The van der Waals surface area contributed by atoms with E-state index in [0.29, 0.717) is 22.8 Å². The van der Waals surface area contributed by atoms with E-state index in [1.54, 1.807) is 12.1 Å². The Morgan fingerprint density at radius 3 is 2.39 bits per heavy atom. The van der Waals surface area contributed by atoms with Crippen molar-refractivity contribution in [3.8, 4) is 17.1 Å². The van der Waals surface area contributed by atoms with Crippen LogP contribution in [0.15, 0.2) is 52.0 Å². The fourth-order valence-corrected chi connectivity index (χ4v) is 4.85. The summed E-state index contributed by atoms with van der Waals surface area (Å²) >= 11 is 0. The van der Waals surface area contributed by atoms with Gasteiger partial charge in [0, 0.05) is 6.07 Å². The summed E-state index contributed by atoms with van der Waals surface area (Å²) in [6, 6.07) is 7.53. The molecule has 1 saturated heterocycles. The van der Waals surface area contributed by atoms with Crippen LogP contribution in [0.4, 0.5) is 5.69 Å². The summed E-state index contributed by atoms with van der Waals surface area (Å²) < 4.78 is 11.0. The minimum absolute atomic E-state index is 0.0927. The summed E-state index contributed by atoms with van der Waals surface area (Å²) in [5.74, 6) is 0.130. The van der Waals surface area contributed by atoms with E-state index in [-0.39, 0.29) is 41.2 Å². The van der Waals surface area contributed by atoms with Crippen LogP contribution in [-0.2, 0) is 9.59 Å². The molecular formula is C22H19N3O6. The van der Waals surface area contributed by atoms with Crippen LogP contribution >= 0.6 is 0 Å². The van der Waals surface area contributed by atoms with Crippen molar-refractivity contribution in [2.24, 2.45) is 28.8 Å². The normalized spacial score (nSPS) is 26.7. The largest absolute Gasteiger partial charge is 0.496 e. The molecule has 0 radical (unpaired) electrons. The zero-order valence-electron chi connectivity index (χ0n) is 16.6. The van der Waals surface area contributed by atoms with Crippen molar-refractivity contribution in [3.05, 3.63) is 58.4 Å². The quantitative estimate of drug-likeness (QED) is 0.240. The number of benzene rings is 1. The van der Waals surface area contributed by atoms with Crippen molar-refractivity contribution in [1.29, 1.82) is 0 Å². The maximum Gasteiger partial charge on any atom is 0.273 e. The molecule has 1 aromatic heterocycles. The standard InChI is InChI=1S/C22H19N3O6/c1-30-18-10-14(25(28)29)6-8-16(18)17-9-7-15(31-17)11-23-24-21(26)19-12-2-3-13(5-4-12)20(19)22(24)27/h2-3,6-13,19-20H,4-5H2,1H3/b23-11-/t12-,13-,19+,20+/m0/s1. The van der Waals surface area contributed by atoms with E-state index in [1.165, 1.54) is 31.5 Å². The van der Waals surface area contributed by atoms with Crippen LogP contribution in [0.3, 0.4) is 0 Å². The van der Waals surface area contributed by atoms with Crippen molar-refractivity contribution in [2.75, 3.05) is 7.11 Å². The molecule has 2 bridgehead atoms. The number of rotatable bonds is 5. The number of amides is 2. The predicted octanol–water partition coefficient (Wildman–Crippen LogP) is 3.39. The zero-order valence-corrected chi connectivity index (χ0v) is 16.6. The van der Waals surface area contributed by atoms with Gasteiger partial charge in [-0.15, -0.1) is 0 Å². The van der Waals surface area contributed by atoms with Gasteiger partial charge in [-0.1, -0.05) is 12.2 Å². The molecule has 6 rings (SSSR count). The molecule has 1 aliphatic heterocycles. The average molecular weight is 421 g/mol. The second kappa shape index (κ2) is 7.19. The number of carbonyl (C=O) groups is 2. The lowest BCUT2D eigenvalue weighted by Gasteiger charge is -2.37. The Morgan fingerprint density at radius 1 is 1.13 bits per heavy atom. The highest BCUT2D eigenvalue weighted by atomic mass is 16.6. The van der Waals surface area contributed by atoms with Gasteiger partial charge in [-0.2, -0.15) is 10.1 Å². The number of hydrogen-bond donors (Lipinski definition) is 0. The molecule has 0 unspecified atom stereocenters. The summed E-state index contributed by atoms with van der Waals surface area (Å²) in [6.45, 7) is 0. The highest BCUT2D eigenvalue weighted by Crippen LogP contribution is 2.49. The monoisotopic (exact) mass is 421 g/mol. The first-order chi connectivity index (χ1) is 15.0. The Labute approximate surface area is 177 Å². The molecule has 2 aromatic rings. The van der Waals surface area contributed by atoms with E-state index in [2.05, 4.69) is 17.3 Å². The van der Waals surface area contributed by atoms with Gasteiger partial charge in [0.2, 0.25) is 0 Å². The SMILES string of the molecule is COc1cc([N+](=O)[O-])ccc1-c1ccc(/C=N\N2C(=O)[C@H]3[C@H](C2=O)[C@H]2C=C[C@H]3CC2)o1. The van der Waals surface area contributed by atoms with Gasteiger partial charge in [-0.05, 0) is 42.9 Å². The van der Waals surface area contributed by atoms with E-state index < -0.39 is 4.92 Å². The highest BCUT2D eigenvalue weighted by Gasteiger charge is 2.56. The molecule has 0 spiro atoms. The van der Waals surface area contributed by atoms with Gasteiger partial charge in [0.1, 0.15) is 17.3 Å². The number of ether oxygens (including phenoxy) is 1. The molecule has 2 amide bonds. The second-order valence-electron chi connectivity index (χ2n) is 7.92. The number of nitro groups is 1. The lowest BCUT2D eigenvalue weighted by molar-refractivity contribution is -0.384. The smallest absolute Gasteiger partial charge is 0.273 e. The molecule has 9 nitrogen and oxygen atoms in total. The number of imide groups is 1. The maximum absolute atomic E-state index is 12.8. The molecule has 31 heavy (non-hydrogen) atoms. The van der Waals surface area contributed by atoms with Crippen molar-refractivity contribution in [3.63, 3.8) is 0 Å². The number of fused-ring (bicyclic) bond motifs is 1. The van der Waals surface area contributed by atoms with Crippen LogP contribution in [0.2, 0.25) is 0 Å². The number of hydrazone groups is 1. The Bertz CT molecular complexity index is 1120. The number of hydrogen-bond acceptors (Lipinski definition) is 7. The fourth-order valence-electron chi connectivity index (χ4n) is 4.85. The molecule has 0 N–H and O–H groups in total. The van der Waals surface area contributed by atoms with Crippen LogP contribution in [0, 0.1) is 33.8 Å². The summed E-state index contributed by atoms with van der Waals surface area (Å²) in [5.41, 5.74) is 0.444. The molecule has 2 fully saturated rings. The van der Waals surface area contributed by atoms with E-state index >= 15 is 0 Å². The average Bonchev–Trinajstić information content (AvgIpc) is 3.36. The van der Waals surface area contributed by atoms with Crippen LogP contribution in [-0.4, -0.2) is 35.1 Å². The van der Waals surface area contributed by atoms with Crippen LogP contribution in [0.1, 0.15) is 18.6 Å². The molecule has 158 valence electrons. The van der Waals surface area contributed by atoms with Crippen molar-refractivity contribution < 1.29 is 23.7 Å². The van der Waals surface area contributed by atoms with Crippen molar-refractivity contribution in [1.82, 2.24) is 5.01 Å². The van der Waals surface area contributed by atoms with Gasteiger partial charge in [-0.3, -0.25) is 19.7 Å². The van der Waals surface area contributed by atoms with Crippen LogP contribution in [0.25, 0.3) is 11.3 Å². The molecule has 1 aromatic carbocycles. The molecule has 4 atom stereocenters. The first-order valence-corrected chi connectivity index (χ1v) is 10.0. The first kappa shape index (κ1) is 19.2. The minimum Gasteiger partial charge on any atom is -0.496 e. The number of nitrogens with zero attached hydrogens (tertiary/aromatic N) is 3. The van der Waals surface area contributed by atoms with Gasteiger partial charge < -0.3 is 9.15 Å². The van der Waals surface area contributed by atoms with Gasteiger partial charge in [-0.25, -0.2) is 0 Å². The van der Waals surface area contributed by atoms with Gasteiger partial charge in [0.15, 0.2) is 0 Å². The van der Waals surface area contributed by atoms with E-state index in [0.717, 1.165) is 17.9 Å². The number of carbonyl (C=O) groups excluding carboxylic acids is 2. The van der Waals surface area contributed by atoms with Crippen LogP contribution < -0.4 is 4.74 Å². The molecule has 2 heterocycles. The van der Waals surface area contributed by atoms with Gasteiger partial charge in [0.05, 0.1) is 41.7 Å². The van der Waals surface area contributed by atoms with E-state index in [9.17, 15) is 19.7 Å². The Balaban J connectivity index is 1.38. The Morgan fingerprint density at radius 2 is 1.81 bits per heavy atom. The molecule has 4 aliphatic rings. The number of non-ortho nitro benzene ring substituents is 1. The molecular weight excluding hydrogens is 402 g/mol. The summed E-state index contributed by atoms with van der Waals surface area (Å²) in [6.07, 6.45) is 7.31. The molecule has 9 heteroatoms. The third-order valence-electron chi connectivity index (χ3n) is 6.32. The zero-order chi connectivity index (χ0) is 21.7. The minimum atomic E-state index is -0.504. The van der Waals surface area contributed by atoms with Crippen molar-refractivity contribution in [2.45, 2.75) is 12.8 Å². The second-order valence-corrected chi connectivity index (χ2v) is 7.92. The van der Waals surface area contributed by atoms with Crippen LogP contribution in [0.5, 0.6) is 5.75 Å².